The van der Waals surface area contributed by atoms with Gasteiger partial charge in [0.25, 0.3) is 0 Å². The minimum absolute atomic E-state index is 0.132. The maximum atomic E-state index is 6.41. The summed E-state index contributed by atoms with van der Waals surface area (Å²) in [5.74, 6) is 1.35. The average molecular weight is 187 g/mol. The minimum Gasteiger partial charge on any atom is -0.324 e. The van der Waals surface area contributed by atoms with Gasteiger partial charge in [0, 0.05) is 11.5 Å². The summed E-state index contributed by atoms with van der Waals surface area (Å²) < 4.78 is 0. The Hall–Kier alpha value is -0.820. The summed E-state index contributed by atoms with van der Waals surface area (Å²) in [6, 6.07) is 8.81. The highest BCUT2D eigenvalue weighted by atomic mass is 14.9. The second-order valence-electron chi connectivity index (χ2n) is 5.01. The molecule has 1 aromatic carbocycles. The van der Waals surface area contributed by atoms with Crippen LogP contribution in [0.4, 0.5) is 0 Å². The first-order chi connectivity index (χ1) is 6.72. The second-order valence-corrected chi connectivity index (χ2v) is 5.01. The smallest absolute Gasteiger partial charge is 0.0253 e. The Morgan fingerprint density at radius 1 is 1.36 bits per heavy atom. The summed E-state index contributed by atoms with van der Waals surface area (Å²) in [6.45, 7) is 2.28. The van der Waals surface area contributed by atoms with E-state index in [2.05, 4.69) is 31.2 Å². The van der Waals surface area contributed by atoms with Crippen molar-refractivity contribution >= 4 is 0 Å². The van der Waals surface area contributed by atoms with E-state index in [0.29, 0.717) is 5.92 Å². The van der Waals surface area contributed by atoms with Gasteiger partial charge in [-0.15, -0.1) is 0 Å². The fourth-order valence-electron chi connectivity index (χ4n) is 3.07. The van der Waals surface area contributed by atoms with E-state index >= 15 is 0 Å². The molecule has 14 heavy (non-hydrogen) atoms. The summed E-state index contributed by atoms with van der Waals surface area (Å²) in [4.78, 5) is 0. The third-order valence-electron chi connectivity index (χ3n) is 4.20. The van der Waals surface area contributed by atoms with Gasteiger partial charge >= 0.3 is 0 Å². The third-order valence-corrected chi connectivity index (χ3v) is 4.20. The van der Waals surface area contributed by atoms with Gasteiger partial charge < -0.3 is 5.73 Å². The molecule has 2 aliphatic carbocycles. The van der Waals surface area contributed by atoms with Gasteiger partial charge in [0.1, 0.15) is 0 Å². The zero-order valence-corrected chi connectivity index (χ0v) is 8.66. The monoisotopic (exact) mass is 187 g/mol. The summed E-state index contributed by atoms with van der Waals surface area (Å²) >= 11 is 0. The Morgan fingerprint density at radius 3 is 2.79 bits per heavy atom. The van der Waals surface area contributed by atoms with Crippen LogP contribution in [0.1, 0.15) is 36.8 Å². The number of hydrogen-bond acceptors (Lipinski definition) is 1. The van der Waals surface area contributed by atoms with Crippen LogP contribution >= 0.6 is 0 Å². The van der Waals surface area contributed by atoms with Crippen LogP contribution in [0, 0.1) is 5.92 Å². The molecule has 3 atom stereocenters. The lowest BCUT2D eigenvalue weighted by Crippen LogP contribution is -2.31. The lowest BCUT2D eigenvalue weighted by Gasteiger charge is -2.20. The molecule has 74 valence electrons. The molecule has 1 aromatic rings. The van der Waals surface area contributed by atoms with Crippen LogP contribution in [-0.4, -0.2) is 5.54 Å². The number of hydrogen-bond donors (Lipinski definition) is 1. The van der Waals surface area contributed by atoms with Crippen molar-refractivity contribution in [1.82, 2.24) is 0 Å². The molecular weight excluding hydrogens is 170 g/mol. The van der Waals surface area contributed by atoms with Gasteiger partial charge in [-0.1, -0.05) is 31.2 Å². The maximum Gasteiger partial charge on any atom is 0.0253 e. The van der Waals surface area contributed by atoms with Gasteiger partial charge in [-0.3, -0.25) is 0 Å². The second kappa shape index (κ2) is 2.60. The van der Waals surface area contributed by atoms with Crippen LogP contribution in [0.2, 0.25) is 0 Å². The molecular formula is C13H17N. The van der Waals surface area contributed by atoms with E-state index in [0.717, 1.165) is 5.92 Å². The van der Waals surface area contributed by atoms with Crippen molar-refractivity contribution in [1.29, 1.82) is 0 Å². The number of benzene rings is 1. The quantitative estimate of drug-likeness (QED) is 0.718. The Bertz CT molecular complexity index is 371. The Kier molecular flexibility index (Phi) is 1.58. The van der Waals surface area contributed by atoms with Crippen molar-refractivity contribution in [2.75, 3.05) is 0 Å². The molecule has 2 N–H and O–H groups in total. The van der Waals surface area contributed by atoms with Crippen LogP contribution in [0.15, 0.2) is 24.3 Å². The lowest BCUT2D eigenvalue weighted by atomic mass is 9.90. The number of rotatable bonds is 1. The van der Waals surface area contributed by atoms with Crippen molar-refractivity contribution in [3.8, 4) is 0 Å². The van der Waals surface area contributed by atoms with Gasteiger partial charge in [0.2, 0.25) is 0 Å². The summed E-state index contributed by atoms with van der Waals surface area (Å²) in [7, 11) is 0. The molecule has 1 heteroatoms. The van der Waals surface area contributed by atoms with Crippen molar-refractivity contribution in [3.05, 3.63) is 35.4 Å². The summed E-state index contributed by atoms with van der Waals surface area (Å²) in [5.41, 5.74) is 9.60. The van der Waals surface area contributed by atoms with Crippen LogP contribution in [-0.2, 0) is 6.42 Å². The Morgan fingerprint density at radius 2 is 2.07 bits per heavy atom. The summed E-state index contributed by atoms with van der Waals surface area (Å²) in [5, 5.41) is 0. The van der Waals surface area contributed by atoms with Crippen LogP contribution in [0.5, 0.6) is 0 Å². The highest BCUT2D eigenvalue weighted by Crippen LogP contribution is 2.54. The minimum atomic E-state index is 0.132. The molecule has 3 rings (SSSR count). The molecule has 3 unspecified atom stereocenters. The zero-order chi connectivity index (χ0) is 9.76. The van der Waals surface area contributed by atoms with E-state index in [-0.39, 0.29) is 5.54 Å². The first-order valence-electron chi connectivity index (χ1n) is 5.58. The molecule has 0 bridgehead atoms. The molecule has 0 radical (unpaired) electrons. The van der Waals surface area contributed by atoms with E-state index in [1.54, 1.807) is 0 Å². The fraction of sp³-hybridized carbons (Fsp3) is 0.538. The van der Waals surface area contributed by atoms with Crippen molar-refractivity contribution in [2.24, 2.45) is 11.7 Å². The predicted octanol–water partition coefficient (Wildman–Crippen LogP) is 2.45. The van der Waals surface area contributed by atoms with Crippen LogP contribution in [0.25, 0.3) is 0 Å². The Balaban J connectivity index is 1.99. The average Bonchev–Trinajstić information content (AvgIpc) is 2.67. The Labute approximate surface area is 85.3 Å². The molecule has 1 saturated carbocycles. The molecule has 0 heterocycles. The molecule has 0 aromatic heterocycles. The van der Waals surface area contributed by atoms with Crippen LogP contribution < -0.4 is 5.73 Å². The van der Waals surface area contributed by atoms with E-state index in [4.69, 9.17) is 5.73 Å². The van der Waals surface area contributed by atoms with Crippen molar-refractivity contribution in [2.45, 2.75) is 37.6 Å². The highest BCUT2D eigenvalue weighted by Gasteiger charge is 2.54. The number of nitrogens with two attached hydrogens (primary N) is 1. The highest BCUT2D eigenvalue weighted by molar-refractivity contribution is 5.39. The molecule has 2 aliphatic rings. The molecule has 1 fully saturated rings. The molecule has 0 saturated heterocycles. The maximum absolute atomic E-state index is 6.41. The van der Waals surface area contributed by atoms with E-state index < -0.39 is 0 Å². The fourth-order valence-corrected chi connectivity index (χ4v) is 3.07. The first-order valence-corrected chi connectivity index (χ1v) is 5.58. The third kappa shape index (κ3) is 0.992. The normalized spacial score (nSPS) is 39.6. The lowest BCUT2D eigenvalue weighted by molar-refractivity contribution is 0.484. The zero-order valence-electron chi connectivity index (χ0n) is 8.66. The molecule has 0 spiro atoms. The largest absolute Gasteiger partial charge is 0.324 e. The molecule has 0 amide bonds. The number of aryl methyl sites for hydroxylation is 1. The van der Waals surface area contributed by atoms with Gasteiger partial charge in [-0.2, -0.15) is 0 Å². The van der Waals surface area contributed by atoms with Crippen molar-refractivity contribution in [3.63, 3.8) is 0 Å². The van der Waals surface area contributed by atoms with Crippen molar-refractivity contribution < 1.29 is 0 Å². The standard InChI is InChI=1S/C13H17N/c1-9-8-13(9,14)12-7-6-10-4-2-3-5-11(10)12/h2-5,9,12H,6-8,14H2,1H3. The van der Waals surface area contributed by atoms with Gasteiger partial charge in [-0.25, -0.2) is 0 Å². The molecule has 0 aliphatic heterocycles. The van der Waals surface area contributed by atoms with E-state index in [1.165, 1.54) is 30.4 Å². The number of fused-ring (bicyclic) bond motifs is 1. The predicted molar refractivity (Wildman–Crippen MR) is 58.2 cm³/mol. The van der Waals surface area contributed by atoms with Gasteiger partial charge in [0.15, 0.2) is 0 Å². The molecule has 1 nitrogen and oxygen atoms in total. The van der Waals surface area contributed by atoms with E-state index in [1.807, 2.05) is 0 Å². The topological polar surface area (TPSA) is 26.0 Å². The van der Waals surface area contributed by atoms with Crippen LogP contribution in [0.3, 0.4) is 0 Å². The van der Waals surface area contributed by atoms with Gasteiger partial charge in [-0.05, 0) is 36.3 Å². The SMILES string of the molecule is CC1CC1(N)C1CCc2ccccc21. The summed E-state index contributed by atoms with van der Waals surface area (Å²) in [6.07, 6.45) is 3.71. The van der Waals surface area contributed by atoms with Gasteiger partial charge in [0.05, 0.1) is 0 Å². The first kappa shape index (κ1) is 8.49. The van der Waals surface area contributed by atoms with E-state index in [9.17, 15) is 0 Å².